The SMILES string of the molecule is Oc1c(Br)cc(Br)cc1C=Nn1c(-c2ccc(Cl)cc2)csc1=Nc1cccnc1. The third kappa shape index (κ3) is 4.73. The summed E-state index contributed by atoms with van der Waals surface area (Å²) in [7, 11) is 0. The first kappa shape index (κ1) is 21.0. The Labute approximate surface area is 198 Å². The number of thiazole rings is 1. The molecule has 4 aromatic rings. The molecule has 0 aliphatic carbocycles. The van der Waals surface area contributed by atoms with Crippen LogP contribution in [0.1, 0.15) is 5.56 Å². The third-order valence-electron chi connectivity index (χ3n) is 4.07. The van der Waals surface area contributed by atoms with Gasteiger partial charge in [-0.3, -0.25) is 4.98 Å². The van der Waals surface area contributed by atoms with Crippen LogP contribution in [0.4, 0.5) is 5.69 Å². The van der Waals surface area contributed by atoms with Crippen molar-refractivity contribution in [2.24, 2.45) is 10.1 Å². The average molecular weight is 565 g/mol. The zero-order valence-corrected chi connectivity index (χ0v) is 20.0. The van der Waals surface area contributed by atoms with Crippen molar-refractivity contribution in [3.05, 3.63) is 90.6 Å². The van der Waals surface area contributed by atoms with Gasteiger partial charge in [0, 0.05) is 32.2 Å². The van der Waals surface area contributed by atoms with E-state index in [1.807, 2.05) is 41.8 Å². The van der Waals surface area contributed by atoms with Gasteiger partial charge < -0.3 is 5.11 Å². The number of benzene rings is 2. The second-order valence-corrected chi connectivity index (χ2v) is 9.16. The van der Waals surface area contributed by atoms with Gasteiger partial charge in [0.05, 0.1) is 28.3 Å². The maximum atomic E-state index is 10.4. The van der Waals surface area contributed by atoms with Gasteiger partial charge in [0.15, 0.2) is 0 Å². The van der Waals surface area contributed by atoms with Crippen LogP contribution in [-0.4, -0.2) is 21.0 Å². The van der Waals surface area contributed by atoms with Crippen LogP contribution in [0.5, 0.6) is 5.75 Å². The maximum absolute atomic E-state index is 10.4. The van der Waals surface area contributed by atoms with Crippen LogP contribution in [0.2, 0.25) is 5.02 Å². The van der Waals surface area contributed by atoms with Gasteiger partial charge in [-0.1, -0.05) is 39.7 Å². The topological polar surface area (TPSA) is 62.8 Å². The van der Waals surface area contributed by atoms with Crippen molar-refractivity contribution in [3.8, 4) is 17.0 Å². The van der Waals surface area contributed by atoms with E-state index in [9.17, 15) is 5.11 Å². The van der Waals surface area contributed by atoms with Crippen molar-refractivity contribution in [3.63, 3.8) is 0 Å². The average Bonchev–Trinajstić information content (AvgIpc) is 3.13. The van der Waals surface area contributed by atoms with Gasteiger partial charge >= 0.3 is 0 Å². The number of phenols is 1. The van der Waals surface area contributed by atoms with Gasteiger partial charge in [-0.25, -0.2) is 9.67 Å². The summed E-state index contributed by atoms with van der Waals surface area (Å²) < 4.78 is 3.13. The summed E-state index contributed by atoms with van der Waals surface area (Å²) in [5.74, 6) is 0.108. The Morgan fingerprint density at radius 2 is 1.93 bits per heavy atom. The zero-order valence-electron chi connectivity index (χ0n) is 15.2. The van der Waals surface area contributed by atoms with Crippen molar-refractivity contribution < 1.29 is 5.11 Å². The van der Waals surface area contributed by atoms with E-state index in [-0.39, 0.29) is 5.75 Å². The Kier molecular flexibility index (Phi) is 6.48. The molecule has 4 rings (SSSR count). The van der Waals surface area contributed by atoms with Crippen LogP contribution in [0.3, 0.4) is 0 Å². The van der Waals surface area contributed by atoms with E-state index in [0.29, 0.717) is 19.9 Å². The summed E-state index contributed by atoms with van der Waals surface area (Å²) in [6.45, 7) is 0. The molecule has 0 amide bonds. The largest absolute Gasteiger partial charge is 0.506 e. The molecule has 0 saturated heterocycles. The molecular weight excluding hydrogens is 552 g/mol. The molecule has 1 N–H and O–H groups in total. The molecule has 150 valence electrons. The lowest BCUT2D eigenvalue weighted by atomic mass is 10.2. The Morgan fingerprint density at radius 1 is 1.13 bits per heavy atom. The number of rotatable bonds is 4. The van der Waals surface area contributed by atoms with Gasteiger partial charge in [0.25, 0.3) is 0 Å². The van der Waals surface area contributed by atoms with Crippen LogP contribution in [-0.2, 0) is 0 Å². The molecule has 2 aromatic carbocycles. The number of hydrogen-bond acceptors (Lipinski definition) is 5. The van der Waals surface area contributed by atoms with E-state index < -0.39 is 0 Å². The predicted molar refractivity (Wildman–Crippen MR) is 129 cm³/mol. The molecule has 0 aliphatic heterocycles. The van der Waals surface area contributed by atoms with E-state index in [4.69, 9.17) is 11.6 Å². The highest BCUT2D eigenvalue weighted by Gasteiger charge is 2.10. The second kappa shape index (κ2) is 9.26. The molecule has 0 spiro atoms. The predicted octanol–water partition coefficient (Wildman–Crippen LogP) is 6.61. The quantitative estimate of drug-likeness (QED) is 0.284. The summed E-state index contributed by atoms with van der Waals surface area (Å²) in [6, 6.07) is 14.8. The molecule has 0 saturated carbocycles. The van der Waals surface area contributed by atoms with Gasteiger partial charge in [-0.05, 0) is 52.3 Å². The summed E-state index contributed by atoms with van der Waals surface area (Å²) >= 11 is 14.3. The van der Waals surface area contributed by atoms with Gasteiger partial charge in [-0.2, -0.15) is 5.10 Å². The second-order valence-electron chi connectivity index (χ2n) is 6.12. The summed E-state index contributed by atoms with van der Waals surface area (Å²) in [4.78, 5) is 9.45. The van der Waals surface area contributed by atoms with E-state index in [1.54, 1.807) is 35.4 Å². The Hall–Kier alpha value is -2.26. The highest BCUT2D eigenvalue weighted by atomic mass is 79.9. The van der Waals surface area contributed by atoms with Gasteiger partial charge in [0.1, 0.15) is 5.75 Å². The van der Waals surface area contributed by atoms with Crippen molar-refractivity contribution in [2.75, 3.05) is 0 Å². The molecule has 2 aromatic heterocycles. The lowest BCUT2D eigenvalue weighted by Crippen LogP contribution is -2.11. The zero-order chi connectivity index (χ0) is 21.1. The number of halogens is 3. The summed E-state index contributed by atoms with van der Waals surface area (Å²) in [6.07, 6.45) is 4.99. The number of pyridine rings is 1. The fourth-order valence-electron chi connectivity index (χ4n) is 2.64. The minimum absolute atomic E-state index is 0.108. The highest BCUT2D eigenvalue weighted by molar-refractivity contribution is 9.11. The van der Waals surface area contributed by atoms with Crippen molar-refractivity contribution in [2.45, 2.75) is 0 Å². The minimum Gasteiger partial charge on any atom is -0.506 e. The molecule has 0 atom stereocenters. The first-order valence-corrected chi connectivity index (χ1v) is 11.5. The molecular formula is C21H13Br2ClN4OS. The normalized spacial score (nSPS) is 12.0. The fraction of sp³-hybridized carbons (Fsp3) is 0. The number of aromatic nitrogens is 2. The number of hydrogen-bond donors (Lipinski definition) is 1. The first-order chi connectivity index (χ1) is 14.5. The monoisotopic (exact) mass is 562 g/mol. The Bertz CT molecular complexity index is 1280. The summed E-state index contributed by atoms with van der Waals surface area (Å²) in [5, 5.41) is 17.6. The highest BCUT2D eigenvalue weighted by Crippen LogP contribution is 2.31. The van der Waals surface area contributed by atoms with E-state index in [0.717, 1.165) is 21.4 Å². The molecule has 0 fully saturated rings. The smallest absolute Gasteiger partial charge is 0.211 e. The van der Waals surface area contributed by atoms with E-state index in [2.05, 4.69) is 46.9 Å². The van der Waals surface area contributed by atoms with Crippen LogP contribution in [0.25, 0.3) is 11.3 Å². The molecule has 0 aliphatic rings. The minimum atomic E-state index is 0.108. The third-order valence-corrected chi connectivity index (χ3v) is 6.20. The Balaban J connectivity index is 1.86. The van der Waals surface area contributed by atoms with E-state index in [1.165, 1.54) is 11.3 Å². The first-order valence-electron chi connectivity index (χ1n) is 8.65. The number of aromatic hydroxyl groups is 1. The molecule has 9 heteroatoms. The molecule has 0 bridgehead atoms. The van der Waals surface area contributed by atoms with Crippen LogP contribution >= 0.6 is 54.8 Å². The van der Waals surface area contributed by atoms with Crippen LogP contribution < -0.4 is 4.80 Å². The van der Waals surface area contributed by atoms with Crippen LogP contribution in [0.15, 0.2) is 85.3 Å². The number of phenolic OH excluding ortho intramolecular Hbond substituents is 1. The molecule has 0 radical (unpaired) electrons. The molecule has 5 nitrogen and oxygen atoms in total. The molecule has 2 heterocycles. The number of nitrogens with zero attached hydrogens (tertiary/aromatic N) is 4. The van der Waals surface area contributed by atoms with Gasteiger partial charge in [0.2, 0.25) is 4.80 Å². The lowest BCUT2D eigenvalue weighted by molar-refractivity contribution is 0.471. The van der Waals surface area contributed by atoms with Crippen molar-refractivity contribution in [1.29, 1.82) is 0 Å². The maximum Gasteiger partial charge on any atom is 0.211 e. The van der Waals surface area contributed by atoms with Gasteiger partial charge in [-0.15, -0.1) is 11.3 Å². The fourth-order valence-corrected chi connectivity index (χ4v) is 4.88. The Morgan fingerprint density at radius 3 is 2.67 bits per heavy atom. The van der Waals surface area contributed by atoms with Crippen molar-refractivity contribution in [1.82, 2.24) is 9.66 Å². The van der Waals surface area contributed by atoms with E-state index >= 15 is 0 Å². The van der Waals surface area contributed by atoms with Crippen molar-refractivity contribution >= 4 is 66.7 Å². The van der Waals surface area contributed by atoms with Crippen LogP contribution in [0, 0.1) is 0 Å². The molecule has 0 unspecified atom stereocenters. The standard InChI is InChI=1S/C21H13Br2ClN4OS/c22-15-8-14(20(29)18(23)9-15)10-26-28-19(13-3-5-16(24)6-4-13)12-30-21(28)27-17-2-1-7-25-11-17/h1-12,29H. The lowest BCUT2D eigenvalue weighted by Gasteiger charge is -2.05. The molecule has 30 heavy (non-hydrogen) atoms. The summed E-state index contributed by atoms with van der Waals surface area (Å²) in [5.41, 5.74) is 3.08.